The van der Waals surface area contributed by atoms with Crippen LogP contribution in [-0.2, 0) is 16.6 Å². The smallest absolute Gasteiger partial charge is 0.289 e. The minimum absolute atomic E-state index is 0.0954. The van der Waals surface area contributed by atoms with Crippen molar-refractivity contribution in [3.63, 3.8) is 0 Å². The summed E-state index contributed by atoms with van der Waals surface area (Å²) in [5.41, 5.74) is 2.06. The van der Waals surface area contributed by atoms with E-state index in [2.05, 4.69) is 25.5 Å². The van der Waals surface area contributed by atoms with Crippen molar-refractivity contribution in [3.8, 4) is 0 Å². The summed E-state index contributed by atoms with van der Waals surface area (Å²) >= 11 is 0. The predicted octanol–water partition coefficient (Wildman–Crippen LogP) is 1.99. The van der Waals surface area contributed by atoms with Crippen LogP contribution in [0.25, 0.3) is 0 Å². The van der Waals surface area contributed by atoms with Gasteiger partial charge in [0, 0.05) is 30.6 Å². The Kier molecular flexibility index (Phi) is 4.34. The van der Waals surface area contributed by atoms with E-state index in [0.29, 0.717) is 24.5 Å². The lowest BCUT2D eigenvalue weighted by Gasteiger charge is -2.21. The highest BCUT2D eigenvalue weighted by Gasteiger charge is 2.52. The molecule has 0 radical (unpaired) electrons. The number of pyridine rings is 1. The van der Waals surface area contributed by atoms with Gasteiger partial charge in [-0.15, -0.1) is 10.2 Å². The first-order chi connectivity index (χ1) is 14.6. The van der Waals surface area contributed by atoms with E-state index in [0.717, 1.165) is 24.0 Å². The summed E-state index contributed by atoms with van der Waals surface area (Å²) in [6, 6.07) is 13.1. The summed E-state index contributed by atoms with van der Waals surface area (Å²) in [7, 11) is 1.71. The molecule has 2 aromatic heterocycles. The van der Waals surface area contributed by atoms with Gasteiger partial charge < -0.3 is 10.3 Å². The fourth-order valence-corrected chi connectivity index (χ4v) is 4.24. The Hall–Kier alpha value is -3.55. The number of benzene rings is 1. The molecular weight excluding hydrogens is 380 g/mol. The van der Waals surface area contributed by atoms with Crippen molar-refractivity contribution in [3.05, 3.63) is 71.4 Å². The highest BCUT2D eigenvalue weighted by atomic mass is 16.2. The Labute approximate surface area is 173 Å². The van der Waals surface area contributed by atoms with Crippen molar-refractivity contribution in [1.82, 2.24) is 25.5 Å². The van der Waals surface area contributed by atoms with Gasteiger partial charge in [0.1, 0.15) is 17.7 Å². The van der Waals surface area contributed by atoms with Crippen LogP contribution in [0.4, 0.5) is 5.82 Å². The Morgan fingerprint density at radius 2 is 2.00 bits per heavy atom. The summed E-state index contributed by atoms with van der Waals surface area (Å²) in [5, 5.41) is 10.9. The number of nitrogens with zero attached hydrogens (tertiary/aromatic N) is 4. The first-order valence-electron chi connectivity index (χ1n) is 10.1. The molecule has 1 atom stereocenters. The van der Waals surface area contributed by atoms with E-state index in [1.165, 1.54) is 0 Å². The van der Waals surface area contributed by atoms with Crippen molar-refractivity contribution in [1.29, 1.82) is 0 Å². The van der Waals surface area contributed by atoms with Crippen LogP contribution >= 0.6 is 0 Å². The normalized spacial score (nSPS) is 19.3. The molecule has 30 heavy (non-hydrogen) atoms. The molecule has 1 unspecified atom stereocenters. The van der Waals surface area contributed by atoms with Crippen molar-refractivity contribution in [2.45, 2.75) is 37.1 Å². The summed E-state index contributed by atoms with van der Waals surface area (Å²) < 4.78 is 0. The number of anilines is 1. The van der Waals surface area contributed by atoms with Crippen molar-refractivity contribution in [2.24, 2.45) is 0 Å². The predicted molar refractivity (Wildman–Crippen MR) is 110 cm³/mol. The van der Waals surface area contributed by atoms with Crippen molar-refractivity contribution < 1.29 is 9.59 Å². The molecule has 1 saturated carbocycles. The Bertz CT molecular complexity index is 1110. The molecule has 1 aliphatic carbocycles. The molecular formula is C22H22N6O2. The zero-order valence-electron chi connectivity index (χ0n) is 16.6. The lowest BCUT2D eigenvalue weighted by Crippen LogP contribution is -2.47. The lowest BCUT2D eigenvalue weighted by molar-refractivity contribution is -0.120. The number of nitrogens with one attached hydrogen (secondary N) is 2. The van der Waals surface area contributed by atoms with Gasteiger partial charge in [-0.25, -0.2) is 4.98 Å². The monoisotopic (exact) mass is 402 g/mol. The average Bonchev–Trinajstić information content (AvgIpc) is 3.42. The van der Waals surface area contributed by atoms with Crippen LogP contribution < -0.4 is 10.2 Å². The van der Waals surface area contributed by atoms with Gasteiger partial charge in [-0.2, -0.15) is 0 Å². The number of rotatable bonds is 4. The van der Waals surface area contributed by atoms with E-state index in [1.54, 1.807) is 18.1 Å². The molecule has 1 spiro atoms. The second-order valence-corrected chi connectivity index (χ2v) is 8.07. The van der Waals surface area contributed by atoms with Gasteiger partial charge in [0.25, 0.3) is 11.8 Å². The molecule has 8 heteroatoms. The minimum atomic E-state index is -0.637. The molecule has 8 nitrogen and oxygen atoms in total. The zero-order chi connectivity index (χ0) is 20.7. The van der Waals surface area contributed by atoms with Crippen molar-refractivity contribution in [2.75, 3.05) is 11.9 Å². The Morgan fingerprint density at radius 3 is 2.77 bits per heavy atom. The Balaban J connectivity index is 1.34. The minimum Gasteiger partial charge on any atom is -0.337 e. The molecule has 0 bridgehead atoms. The first kappa shape index (κ1) is 18.5. The average molecular weight is 402 g/mol. The number of hydrogen-bond acceptors (Lipinski definition) is 5. The molecule has 2 amide bonds. The molecule has 3 aromatic rings. The molecule has 2 aliphatic rings. The molecule has 5 rings (SSSR count). The van der Waals surface area contributed by atoms with Gasteiger partial charge in [0.2, 0.25) is 5.82 Å². The van der Waals surface area contributed by atoms with Gasteiger partial charge in [-0.05, 0) is 30.9 Å². The van der Waals surface area contributed by atoms with Crippen molar-refractivity contribution >= 4 is 17.6 Å². The number of aromatic amines is 1. The summed E-state index contributed by atoms with van der Waals surface area (Å²) in [5.74, 6) is 0.799. The van der Waals surface area contributed by atoms with E-state index in [1.807, 2.05) is 42.5 Å². The number of carbonyl (C=O) groups is 2. The fraction of sp³-hybridized carbons (Fsp3) is 0.318. The van der Waals surface area contributed by atoms with Gasteiger partial charge in [0.15, 0.2) is 0 Å². The number of H-pyrrole nitrogens is 1. The van der Waals surface area contributed by atoms with Crippen LogP contribution in [0.3, 0.4) is 0 Å². The zero-order valence-corrected chi connectivity index (χ0v) is 16.6. The van der Waals surface area contributed by atoms with E-state index in [4.69, 9.17) is 0 Å². The topological polar surface area (TPSA) is 104 Å². The van der Waals surface area contributed by atoms with E-state index in [-0.39, 0.29) is 17.1 Å². The van der Waals surface area contributed by atoms with Gasteiger partial charge >= 0.3 is 0 Å². The second kappa shape index (κ2) is 7.05. The maximum atomic E-state index is 13.1. The third-order valence-corrected chi connectivity index (χ3v) is 6.02. The van der Waals surface area contributed by atoms with E-state index < -0.39 is 11.9 Å². The van der Waals surface area contributed by atoms with Gasteiger partial charge in [-0.1, -0.05) is 36.4 Å². The summed E-state index contributed by atoms with van der Waals surface area (Å²) in [6.45, 7) is 0. The van der Waals surface area contributed by atoms with Crippen LogP contribution in [-0.4, -0.2) is 45.1 Å². The highest BCUT2D eigenvalue weighted by Crippen LogP contribution is 2.55. The Morgan fingerprint density at radius 1 is 1.20 bits per heavy atom. The number of carbonyl (C=O) groups excluding carboxylic acids is 2. The fourth-order valence-electron chi connectivity index (χ4n) is 4.24. The number of hydrogen-bond donors (Lipinski definition) is 2. The first-order valence-corrected chi connectivity index (χ1v) is 10.1. The number of amides is 2. The molecule has 1 aromatic carbocycles. The summed E-state index contributed by atoms with van der Waals surface area (Å²) in [4.78, 5) is 34.8. The maximum Gasteiger partial charge on any atom is 0.289 e. The largest absolute Gasteiger partial charge is 0.337 e. The van der Waals surface area contributed by atoms with Crippen LogP contribution in [0.15, 0.2) is 48.7 Å². The second-order valence-electron chi connectivity index (χ2n) is 8.07. The summed E-state index contributed by atoms with van der Waals surface area (Å²) in [6.07, 6.45) is 4.79. The molecule has 0 saturated heterocycles. The quantitative estimate of drug-likeness (QED) is 0.695. The van der Waals surface area contributed by atoms with Crippen LogP contribution in [0, 0.1) is 0 Å². The SMILES string of the molecule is CN1C(=O)C(NC(=O)c2nnc(Cc3ccccc3)[nH]2)CC2(CC2)c2cccnc21. The highest BCUT2D eigenvalue weighted by molar-refractivity contribution is 6.01. The van der Waals surface area contributed by atoms with Gasteiger partial charge in [0.05, 0.1) is 0 Å². The number of fused-ring (bicyclic) bond motifs is 2. The third-order valence-electron chi connectivity index (χ3n) is 6.02. The third kappa shape index (κ3) is 3.24. The molecule has 1 fully saturated rings. The van der Waals surface area contributed by atoms with Crippen LogP contribution in [0.2, 0.25) is 0 Å². The van der Waals surface area contributed by atoms with Crippen LogP contribution in [0.1, 0.15) is 46.8 Å². The van der Waals surface area contributed by atoms with E-state index in [9.17, 15) is 9.59 Å². The number of aromatic nitrogens is 4. The number of likely N-dealkylation sites (N-methyl/N-ethyl adjacent to an activating group) is 1. The molecule has 2 N–H and O–H groups in total. The van der Waals surface area contributed by atoms with Gasteiger partial charge in [-0.3, -0.25) is 14.5 Å². The lowest BCUT2D eigenvalue weighted by atomic mass is 9.90. The molecule has 1 aliphatic heterocycles. The molecule has 152 valence electrons. The van der Waals surface area contributed by atoms with Crippen LogP contribution in [0.5, 0.6) is 0 Å². The standard InChI is InChI=1S/C22H22N6O2/c1-28-19-15(8-5-11-23-19)22(9-10-22)13-16(21(28)30)24-20(29)18-25-17(26-27-18)12-14-6-3-2-4-7-14/h2-8,11,16H,9-10,12-13H2,1H3,(H,24,29)(H,25,26,27). The maximum absolute atomic E-state index is 13.1. The van der Waals surface area contributed by atoms with E-state index >= 15 is 0 Å². The molecule has 3 heterocycles.